The molecule has 1 heterocycles. The van der Waals surface area contributed by atoms with Crippen molar-refractivity contribution >= 4 is 11.8 Å². The molecule has 1 nitrogen and oxygen atoms in total. The molecule has 0 aliphatic carbocycles. The molecule has 2 atom stereocenters. The van der Waals surface area contributed by atoms with Gasteiger partial charge in [-0.1, -0.05) is 24.6 Å². The Labute approximate surface area is 103 Å². The van der Waals surface area contributed by atoms with E-state index in [1.807, 2.05) is 11.8 Å². The molecule has 1 aromatic rings. The molecule has 1 fully saturated rings. The summed E-state index contributed by atoms with van der Waals surface area (Å²) >= 11 is 2.05. The Morgan fingerprint density at radius 3 is 2.31 bits per heavy atom. The second-order valence-electron chi connectivity index (χ2n) is 5.04. The maximum absolute atomic E-state index is 3.65. The van der Waals surface area contributed by atoms with Gasteiger partial charge in [-0.05, 0) is 55.7 Å². The fourth-order valence-electron chi connectivity index (χ4n) is 2.48. The molecule has 2 rings (SSSR count). The first kappa shape index (κ1) is 12.0. The maximum Gasteiger partial charge on any atom is 0.0794 e. The van der Waals surface area contributed by atoms with Gasteiger partial charge in [-0.25, -0.2) is 0 Å². The summed E-state index contributed by atoms with van der Waals surface area (Å²) in [6.07, 6.45) is 0. The summed E-state index contributed by atoms with van der Waals surface area (Å²) in [6.45, 7) is 10.1. The Bertz CT molecular complexity index is 355. The van der Waals surface area contributed by atoms with Gasteiger partial charge in [-0.15, -0.1) is 11.8 Å². The predicted octanol–water partition coefficient (Wildman–Crippen LogP) is 3.58. The van der Waals surface area contributed by atoms with Crippen LogP contribution in [0.5, 0.6) is 0 Å². The molecule has 0 aromatic heterocycles. The van der Waals surface area contributed by atoms with Crippen LogP contribution in [0.25, 0.3) is 0 Å². The minimum Gasteiger partial charge on any atom is -0.301 e. The van der Waals surface area contributed by atoms with Gasteiger partial charge in [0.25, 0.3) is 0 Å². The van der Waals surface area contributed by atoms with Crippen LogP contribution in [0.2, 0.25) is 0 Å². The van der Waals surface area contributed by atoms with Gasteiger partial charge in [0.15, 0.2) is 0 Å². The van der Waals surface area contributed by atoms with Crippen molar-refractivity contribution in [1.82, 2.24) is 5.32 Å². The van der Waals surface area contributed by atoms with Crippen LogP contribution in [0.15, 0.2) is 12.1 Å². The zero-order valence-corrected chi connectivity index (χ0v) is 11.4. The molecule has 1 N–H and O–H groups in total. The molecule has 1 saturated heterocycles. The monoisotopic (exact) mass is 235 g/mol. The molecular weight excluding hydrogens is 214 g/mol. The van der Waals surface area contributed by atoms with Gasteiger partial charge in [0.2, 0.25) is 0 Å². The van der Waals surface area contributed by atoms with Crippen molar-refractivity contribution in [2.24, 2.45) is 5.92 Å². The summed E-state index contributed by atoms with van der Waals surface area (Å²) in [7, 11) is 0. The summed E-state index contributed by atoms with van der Waals surface area (Å²) in [5.41, 5.74) is 5.73. The van der Waals surface area contributed by atoms with E-state index < -0.39 is 0 Å². The lowest BCUT2D eigenvalue weighted by Gasteiger charge is -2.30. The second-order valence-corrected chi connectivity index (χ2v) is 6.18. The highest BCUT2D eigenvalue weighted by atomic mass is 32.2. The van der Waals surface area contributed by atoms with E-state index >= 15 is 0 Å². The van der Waals surface area contributed by atoms with E-state index in [0.29, 0.717) is 5.37 Å². The number of hydrogen-bond donors (Lipinski definition) is 1. The van der Waals surface area contributed by atoms with Crippen LogP contribution in [-0.2, 0) is 0 Å². The van der Waals surface area contributed by atoms with Crippen LogP contribution in [0.3, 0.4) is 0 Å². The highest BCUT2D eigenvalue weighted by molar-refractivity contribution is 7.99. The van der Waals surface area contributed by atoms with E-state index in [2.05, 4.69) is 45.1 Å². The van der Waals surface area contributed by atoms with Crippen molar-refractivity contribution in [2.45, 2.75) is 33.1 Å². The lowest BCUT2D eigenvalue weighted by Crippen LogP contribution is -2.31. The lowest BCUT2D eigenvalue weighted by atomic mass is 9.99. The first-order valence-corrected chi connectivity index (χ1v) is 7.05. The van der Waals surface area contributed by atoms with E-state index in [1.165, 1.54) is 28.0 Å². The van der Waals surface area contributed by atoms with Crippen LogP contribution in [-0.4, -0.2) is 12.3 Å². The molecule has 0 amide bonds. The average molecular weight is 235 g/mol. The Hall–Kier alpha value is -0.470. The topological polar surface area (TPSA) is 12.0 Å². The largest absolute Gasteiger partial charge is 0.301 e. The number of hydrogen-bond acceptors (Lipinski definition) is 2. The summed E-state index contributed by atoms with van der Waals surface area (Å²) in [4.78, 5) is 0. The van der Waals surface area contributed by atoms with Crippen molar-refractivity contribution in [1.29, 1.82) is 0 Å². The summed E-state index contributed by atoms with van der Waals surface area (Å²) in [6, 6.07) is 4.59. The Morgan fingerprint density at radius 1 is 1.19 bits per heavy atom. The minimum absolute atomic E-state index is 0.497. The van der Waals surface area contributed by atoms with Gasteiger partial charge >= 0.3 is 0 Å². The Morgan fingerprint density at radius 2 is 1.81 bits per heavy atom. The van der Waals surface area contributed by atoms with Crippen LogP contribution in [0.4, 0.5) is 0 Å². The molecule has 2 unspecified atom stereocenters. The molecule has 0 spiro atoms. The first-order valence-electron chi connectivity index (χ1n) is 6.00. The van der Waals surface area contributed by atoms with Crippen LogP contribution < -0.4 is 5.32 Å². The van der Waals surface area contributed by atoms with Crippen LogP contribution in [0, 0.1) is 26.7 Å². The first-order chi connectivity index (χ1) is 7.58. The zero-order chi connectivity index (χ0) is 11.7. The van der Waals surface area contributed by atoms with E-state index in [4.69, 9.17) is 0 Å². The standard InChI is InChI=1S/C14H21NS/c1-9-5-11(3)13(12(4)6-9)14-15-7-10(2)8-16-14/h5-6,10,14-15H,7-8H2,1-4H3. The highest BCUT2D eigenvalue weighted by Crippen LogP contribution is 2.35. The van der Waals surface area contributed by atoms with E-state index in [1.54, 1.807) is 0 Å². The summed E-state index contributed by atoms with van der Waals surface area (Å²) < 4.78 is 0. The average Bonchev–Trinajstić information content (AvgIpc) is 2.19. The van der Waals surface area contributed by atoms with Gasteiger partial charge in [-0.3, -0.25) is 0 Å². The summed E-state index contributed by atoms with van der Waals surface area (Å²) in [5.74, 6) is 2.07. The molecule has 1 aromatic carbocycles. The number of rotatable bonds is 1. The number of aryl methyl sites for hydroxylation is 3. The van der Waals surface area contributed by atoms with E-state index in [0.717, 1.165) is 12.5 Å². The fraction of sp³-hybridized carbons (Fsp3) is 0.571. The Balaban J connectivity index is 2.26. The van der Waals surface area contributed by atoms with Crippen LogP contribution >= 0.6 is 11.8 Å². The van der Waals surface area contributed by atoms with Crippen molar-refractivity contribution in [3.8, 4) is 0 Å². The van der Waals surface area contributed by atoms with E-state index in [9.17, 15) is 0 Å². The van der Waals surface area contributed by atoms with Crippen LogP contribution in [0.1, 0.15) is 34.6 Å². The molecule has 88 valence electrons. The molecule has 0 radical (unpaired) electrons. The summed E-state index contributed by atoms with van der Waals surface area (Å²) in [5, 5.41) is 4.15. The molecule has 1 aliphatic rings. The second kappa shape index (κ2) is 4.80. The quantitative estimate of drug-likeness (QED) is 0.798. The molecular formula is C14H21NS. The third kappa shape index (κ3) is 2.44. The number of benzene rings is 1. The molecule has 1 aliphatic heterocycles. The third-order valence-electron chi connectivity index (χ3n) is 3.20. The number of thioether (sulfide) groups is 1. The highest BCUT2D eigenvalue weighted by Gasteiger charge is 2.22. The minimum atomic E-state index is 0.497. The van der Waals surface area contributed by atoms with Gasteiger partial charge in [0.1, 0.15) is 0 Å². The maximum atomic E-state index is 3.65. The van der Waals surface area contributed by atoms with Crippen molar-refractivity contribution in [3.05, 3.63) is 34.4 Å². The third-order valence-corrected chi connectivity index (χ3v) is 4.70. The van der Waals surface area contributed by atoms with Gasteiger partial charge in [0, 0.05) is 0 Å². The molecule has 0 bridgehead atoms. The van der Waals surface area contributed by atoms with Crippen molar-refractivity contribution in [2.75, 3.05) is 12.3 Å². The van der Waals surface area contributed by atoms with Gasteiger partial charge in [0.05, 0.1) is 5.37 Å². The lowest BCUT2D eigenvalue weighted by molar-refractivity contribution is 0.528. The molecule has 16 heavy (non-hydrogen) atoms. The van der Waals surface area contributed by atoms with Gasteiger partial charge < -0.3 is 5.32 Å². The predicted molar refractivity (Wildman–Crippen MR) is 73.0 cm³/mol. The zero-order valence-electron chi connectivity index (χ0n) is 10.6. The Kier molecular flexibility index (Phi) is 3.60. The smallest absolute Gasteiger partial charge is 0.0794 e. The fourth-order valence-corrected chi connectivity index (χ4v) is 3.87. The SMILES string of the molecule is Cc1cc(C)c(C2NCC(C)CS2)c(C)c1. The normalized spacial score (nSPS) is 25.8. The van der Waals surface area contributed by atoms with Crippen molar-refractivity contribution < 1.29 is 0 Å². The van der Waals surface area contributed by atoms with E-state index in [-0.39, 0.29) is 0 Å². The molecule has 2 heteroatoms. The van der Waals surface area contributed by atoms with Crippen molar-refractivity contribution in [3.63, 3.8) is 0 Å². The molecule has 0 saturated carbocycles. The number of nitrogens with one attached hydrogen (secondary N) is 1. The van der Waals surface area contributed by atoms with Gasteiger partial charge in [-0.2, -0.15) is 0 Å².